The molecule has 0 spiro atoms. The standard InChI is InChI=1S/C15H18N2O6S/c1-8(11-6-10(22-3)4-5-12(11)18)17-15(19)13-7-14(9(2)23-13)24(16,20)21/h4-8,18H,1-3H3,(H,17,19)(H2,16,20,21)/t8-/m1/s1. The largest absolute Gasteiger partial charge is 0.508 e. The maximum absolute atomic E-state index is 12.2. The Hall–Kier alpha value is -2.52. The molecule has 0 aliphatic carbocycles. The van der Waals surface area contributed by atoms with Gasteiger partial charge in [0, 0.05) is 11.6 Å². The van der Waals surface area contributed by atoms with E-state index in [0.29, 0.717) is 11.3 Å². The van der Waals surface area contributed by atoms with Crippen molar-refractivity contribution in [1.29, 1.82) is 0 Å². The van der Waals surface area contributed by atoms with E-state index >= 15 is 0 Å². The average Bonchev–Trinajstić information content (AvgIpc) is 2.90. The molecule has 0 aliphatic rings. The van der Waals surface area contributed by atoms with Crippen molar-refractivity contribution in [3.8, 4) is 11.5 Å². The van der Waals surface area contributed by atoms with Gasteiger partial charge in [0.15, 0.2) is 5.76 Å². The third-order valence-electron chi connectivity index (χ3n) is 3.45. The molecule has 24 heavy (non-hydrogen) atoms. The van der Waals surface area contributed by atoms with Crippen LogP contribution in [0.4, 0.5) is 0 Å². The van der Waals surface area contributed by atoms with Crippen LogP contribution in [0, 0.1) is 6.92 Å². The lowest BCUT2D eigenvalue weighted by molar-refractivity contribution is 0.0910. The fraction of sp³-hybridized carbons (Fsp3) is 0.267. The number of furan rings is 1. The zero-order chi connectivity index (χ0) is 18.1. The number of aryl methyl sites for hydroxylation is 1. The Morgan fingerprint density at radius 1 is 1.38 bits per heavy atom. The summed E-state index contributed by atoms with van der Waals surface area (Å²) in [5, 5.41) is 17.6. The van der Waals surface area contributed by atoms with Gasteiger partial charge in [-0.25, -0.2) is 13.6 Å². The number of carbonyl (C=O) groups excluding carboxylic acids is 1. The Kier molecular flexibility index (Phi) is 4.86. The van der Waals surface area contributed by atoms with E-state index in [2.05, 4.69) is 5.32 Å². The van der Waals surface area contributed by atoms with Crippen LogP contribution >= 0.6 is 0 Å². The Morgan fingerprint density at radius 3 is 2.58 bits per heavy atom. The first kappa shape index (κ1) is 17.8. The third kappa shape index (κ3) is 3.69. The number of hydrogen-bond donors (Lipinski definition) is 3. The van der Waals surface area contributed by atoms with Crippen molar-refractivity contribution < 1.29 is 27.5 Å². The van der Waals surface area contributed by atoms with Crippen LogP contribution in [0.3, 0.4) is 0 Å². The summed E-state index contributed by atoms with van der Waals surface area (Å²) in [6, 6.07) is 5.12. The third-order valence-corrected chi connectivity index (χ3v) is 4.47. The summed E-state index contributed by atoms with van der Waals surface area (Å²) in [5.74, 6) is -0.285. The zero-order valence-electron chi connectivity index (χ0n) is 13.4. The van der Waals surface area contributed by atoms with E-state index in [1.54, 1.807) is 19.1 Å². The molecule has 1 heterocycles. The molecule has 0 bridgehead atoms. The second kappa shape index (κ2) is 6.54. The summed E-state index contributed by atoms with van der Waals surface area (Å²) < 4.78 is 33.0. The summed E-state index contributed by atoms with van der Waals surface area (Å²) in [4.78, 5) is 12.0. The highest BCUT2D eigenvalue weighted by Gasteiger charge is 2.23. The smallest absolute Gasteiger partial charge is 0.287 e. The zero-order valence-corrected chi connectivity index (χ0v) is 14.2. The number of hydrogen-bond acceptors (Lipinski definition) is 6. The normalized spacial score (nSPS) is 12.7. The molecular weight excluding hydrogens is 336 g/mol. The van der Waals surface area contributed by atoms with Gasteiger partial charge in [-0.1, -0.05) is 0 Å². The Morgan fingerprint density at radius 2 is 2.04 bits per heavy atom. The predicted octanol–water partition coefficient (Wildman–Crippen LogP) is 1.44. The maximum atomic E-state index is 12.2. The van der Waals surface area contributed by atoms with Crippen LogP contribution in [-0.2, 0) is 10.0 Å². The minimum Gasteiger partial charge on any atom is -0.508 e. The molecule has 1 aromatic carbocycles. The van der Waals surface area contributed by atoms with Crippen LogP contribution in [0.25, 0.3) is 0 Å². The van der Waals surface area contributed by atoms with Crippen molar-refractivity contribution >= 4 is 15.9 Å². The van der Waals surface area contributed by atoms with Crippen molar-refractivity contribution in [2.75, 3.05) is 7.11 Å². The number of sulfonamides is 1. The molecule has 0 fully saturated rings. The summed E-state index contributed by atoms with van der Waals surface area (Å²) in [6.45, 7) is 3.05. The molecule has 0 saturated heterocycles. The molecule has 0 radical (unpaired) electrons. The number of nitrogens with two attached hydrogens (primary N) is 1. The Bertz CT molecular complexity index is 872. The van der Waals surface area contributed by atoms with Gasteiger partial charge in [0.1, 0.15) is 22.2 Å². The molecule has 9 heteroatoms. The van der Waals surface area contributed by atoms with Gasteiger partial charge >= 0.3 is 0 Å². The maximum Gasteiger partial charge on any atom is 0.287 e. The van der Waals surface area contributed by atoms with Gasteiger partial charge < -0.3 is 19.6 Å². The van der Waals surface area contributed by atoms with Crippen LogP contribution in [-0.4, -0.2) is 26.5 Å². The van der Waals surface area contributed by atoms with E-state index in [0.717, 1.165) is 6.07 Å². The first-order valence-corrected chi connectivity index (χ1v) is 8.49. The monoisotopic (exact) mass is 354 g/mol. The lowest BCUT2D eigenvalue weighted by Gasteiger charge is -2.15. The number of benzene rings is 1. The number of amides is 1. The molecule has 130 valence electrons. The minimum atomic E-state index is -3.97. The van der Waals surface area contributed by atoms with E-state index in [-0.39, 0.29) is 22.2 Å². The van der Waals surface area contributed by atoms with E-state index in [1.165, 1.54) is 20.1 Å². The molecule has 1 aromatic heterocycles. The van der Waals surface area contributed by atoms with E-state index in [9.17, 15) is 18.3 Å². The topological polar surface area (TPSA) is 132 Å². The summed E-state index contributed by atoms with van der Waals surface area (Å²) in [6.07, 6.45) is 0. The van der Waals surface area contributed by atoms with Crippen LogP contribution in [0.2, 0.25) is 0 Å². The van der Waals surface area contributed by atoms with Crippen LogP contribution in [0.1, 0.15) is 34.8 Å². The first-order valence-electron chi connectivity index (χ1n) is 6.94. The van der Waals surface area contributed by atoms with Gasteiger partial charge in [-0.15, -0.1) is 0 Å². The van der Waals surface area contributed by atoms with Crippen molar-refractivity contribution in [1.82, 2.24) is 5.32 Å². The van der Waals surface area contributed by atoms with Gasteiger partial charge in [0.25, 0.3) is 5.91 Å². The van der Waals surface area contributed by atoms with Crippen molar-refractivity contribution in [2.45, 2.75) is 24.8 Å². The molecular formula is C15H18N2O6S. The highest BCUT2D eigenvalue weighted by Crippen LogP contribution is 2.28. The van der Waals surface area contributed by atoms with Crippen molar-refractivity contribution in [3.05, 3.63) is 41.3 Å². The number of carbonyl (C=O) groups is 1. The lowest BCUT2D eigenvalue weighted by atomic mass is 10.1. The van der Waals surface area contributed by atoms with E-state index in [1.807, 2.05) is 0 Å². The van der Waals surface area contributed by atoms with Crippen LogP contribution in [0.5, 0.6) is 11.5 Å². The number of rotatable bonds is 5. The van der Waals surface area contributed by atoms with E-state index in [4.69, 9.17) is 14.3 Å². The molecule has 2 aromatic rings. The number of aromatic hydroxyl groups is 1. The molecule has 2 rings (SSSR count). The van der Waals surface area contributed by atoms with Gasteiger partial charge in [-0.2, -0.15) is 0 Å². The van der Waals surface area contributed by atoms with Gasteiger partial charge in [0.05, 0.1) is 13.2 Å². The number of nitrogens with one attached hydrogen (secondary N) is 1. The molecule has 0 saturated carbocycles. The molecule has 1 atom stereocenters. The summed E-state index contributed by atoms with van der Waals surface area (Å²) >= 11 is 0. The molecule has 1 amide bonds. The summed E-state index contributed by atoms with van der Waals surface area (Å²) in [7, 11) is -2.49. The number of ether oxygens (including phenoxy) is 1. The van der Waals surface area contributed by atoms with E-state index < -0.39 is 22.0 Å². The van der Waals surface area contributed by atoms with Gasteiger partial charge in [-0.3, -0.25) is 4.79 Å². The molecule has 0 aliphatic heterocycles. The number of phenols is 1. The fourth-order valence-corrected chi connectivity index (χ4v) is 2.93. The fourth-order valence-electron chi connectivity index (χ4n) is 2.21. The van der Waals surface area contributed by atoms with Crippen LogP contribution in [0.15, 0.2) is 33.6 Å². The minimum absolute atomic E-state index is 0.00977. The summed E-state index contributed by atoms with van der Waals surface area (Å²) in [5.41, 5.74) is 0.442. The second-order valence-electron chi connectivity index (χ2n) is 5.20. The van der Waals surface area contributed by atoms with Crippen molar-refractivity contribution in [3.63, 3.8) is 0 Å². The van der Waals surface area contributed by atoms with Crippen molar-refractivity contribution in [2.24, 2.45) is 5.14 Å². The highest BCUT2D eigenvalue weighted by atomic mass is 32.2. The van der Waals surface area contributed by atoms with Gasteiger partial charge in [-0.05, 0) is 32.0 Å². The highest BCUT2D eigenvalue weighted by molar-refractivity contribution is 7.89. The average molecular weight is 354 g/mol. The van der Waals surface area contributed by atoms with Crippen LogP contribution < -0.4 is 15.2 Å². The number of phenolic OH excluding ortho intramolecular Hbond substituents is 1. The SMILES string of the molecule is COc1ccc(O)c([C@@H](C)NC(=O)c2cc(S(N)(=O)=O)c(C)o2)c1. The first-order chi connectivity index (χ1) is 11.1. The Balaban J connectivity index is 2.24. The molecule has 0 unspecified atom stereocenters. The lowest BCUT2D eigenvalue weighted by Crippen LogP contribution is -2.26. The molecule has 8 nitrogen and oxygen atoms in total. The predicted molar refractivity (Wildman–Crippen MR) is 85.4 cm³/mol. The second-order valence-corrected chi connectivity index (χ2v) is 6.73. The molecule has 4 N–H and O–H groups in total. The Labute approximate surface area is 139 Å². The quantitative estimate of drug-likeness (QED) is 0.744. The number of primary sulfonamides is 1. The number of methoxy groups -OCH3 is 1. The van der Waals surface area contributed by atoms with Gasteiger partial charge in [0.2, 0.25) is 10.0 Å².